The third-order valence-corrected chi connectivity index (χ3v) is 2.55. The molecule has 2 rings (SSSR count). The summed E-state index contributed by atoms with van der Waals surface area (Å²) in [5.74, 6) is 0. The van der Waals surface area contributed by atoms with Crippen molar-refractivity contribution in [3.8, 4) is 0 Å². The molecule has 0 unspecified atom stereocenters. The first kappa shape index (κ1) is 11.3. The zero-order chi connectivity index (χ0) is 12.1. The Morgan fingerprint density at radius 1 is 0.824 bits per heavy atom. The van der Waals surface area contributed by atoms with Crippen LogP contribution in [0, 0.1) is 0 Å². The Morgan fingerprint density at radius 3 is 1.82 bits per heavy atom. The highest BCUT2D eigenvalue weighted by molar-refractivity contribution is 5.76. The minimum atomic E-state index is 0.703. The Hall–Kier alpha value is -2.22. The maximum Gasteiger partial charge on any atom is 0.169 e. The minimum absolute atomic E-state index is 0.703. The van der Waals surface area contributed by atoms with Gasteiger partial charge in [-0.15, -0.1) is 0 Å². The highest BCUT2D eigenvalue weighted by atomic mass is 16.1. The standard InChI is InChI=1S/C15H14NO/c1-16-10-8-14(9-11-16)3-2-13-4-6-15(12-17)7-5-13/h2-12H,1H3/q+1/b3-2+. The van der Waals surface area contributed by atoms with Crippen molar-refractivity contribution in [3.05, 3.63) is 65.5 Å². The Bertz CT molecular complexity index is 524. The van der Waals surface area contributed by atoms with E-state index in [1.807, 2.05) is 54.3 Å². The second kappa shape index (κ2) is 5.21. The predicted octanol–water partition coefficient (Wildman–Crippen LogP) is 2.49. The molecule has 0 saturated heterocycles. The first-order valence-electron chi connectivity index (χ1n) is 5.46. The fourth-order valence-electron chi connectivity index (χ4n) is 1.50. The van der Waals surface area contributed by atoms with Crippen molar-refractivity contribution in [1.82, 2.24) is 0 Å². The first-order valence-corrected chi connectivity index (χ1v) is 5.46. The van der Waals surface area contributed by atoms with Crippen molar-refractivity contribution in [2.24, 2.45) is 7.05 Å². The largest absolute Gasteiger partial charge is 0.298 e. The van der Waals surface area contributed by atoms with Crippen LogP contribution in [0.3, 0.4) is 0 Å². The summed E-state index contributed by atoms with van der Waals surface area (Å²) in [6, 6.07) is 11.6. The van der Waals surface area contributed by atoms with Crippen molar-refractivity contribution >= 4 is 18.4 Å². The van der Waals surface area contributed by atoms with E-state index in [0.29, 0.717) is 5.56 Å². The number of hydrogen-bond donors (Lipinski definition) is 0. The van der Waals surface area contributed by atoms with Gasteiger partial charge in [0.1, 0.15) is 13.3 Å². The van der Waals surface area contributed by atoms with Gasteiger partial charge in [0.2, 0.25) is 0 Å². The van der Waals surface area contributed by atoms with E-state index >= 15 is 0 Å². The second-order valence-corrected chi connectivity index (χ2v) is 3.91. The summed E-state index contributed by atoms with van der Waals surface area (Å²) in [5.41, 5.74) is 2.94. The Morgan fingerprint density at radius 2 is 1.29 bits per heavy atom. The van der Waals surface area contributed by atoms with E-state index < -0.39 is 0 Å². The zero-order valence-electron chi connectivity index (χ0n) is 9.71. The molecule has 0 bridgehead atoms. The lowest BCUT2D eigenvalue weighted by Crippen LogP contribution is -2.25. The summed E-state index contributed by atoms with van der Waals surface area (Å²) in [6.45, 7) is 0. The van der Waals surface area contributed by atoms with Gasteiger partial charge < -0.3 is 0 Å². The second-order valence-electron chi connectivity index (χ2n) is 3.91. The van der Waals surface area contributed by atoms with Crippen LogP contribution in [0.5, 0.6) is 0 Å². The number of aryl methyl sites for hydroxylation is 1. The fraction of sp³-hybridized carbons (Fsp3) is 0.0667. The molecule has 0 saturated carbocycles. The lowest BCUT2D eigenvalue weighted by atomic mass is 10.1. The third kappa shape index (κ3) is 3.11. The molecule has 0 fully saturated rings. The molecule has 2 aromatic rings. The maximum absolute atomic E-state index is 10.5. The van der Waals surface area contributed by atoms with Gasteiger partial charge in [-0.2, -0.15) is 0 Å². The SMILES string of the molecule is C[n+]1ccc(/C=C/c2ccc(C=O)cc2)cc1. The number of pyridine rings is 1. The lowest BCUT2D eigenvalue weighted by Gasteiger charge is -1.94. The molecule has 1 aromatic heterocycles. The molecule has 17 heavy (non-hydrogen) atoms. The highest BCUT2D eigenvalue weighted by Crippen LogP contribution is 2.08. The molecule has 0 atom stereocenters. The molecule has 2 heteroatoms. The molecular formula is C15H14NO+. The van der Waals surface area contributed by atoms with Crippen LogP contribution in [0.2, 0.25) is 0 Å². The smallest absolute Gasteiger partial charge is 0.169 e. The van der Waals surface area contributed by atoms with Gasteiger partial charge >= 0.3 is 0 Å². The van der Waals surface area contributed by atoms with Crippen molar-refractivity contribution in [3.63, 3.8) is 0 Å². The number of hydrogen-bond acceptors (Lipinski definition) is 1. The number of benzene rings is 1. The topological polar surface area (TPSA) is 20.9 Å². The van der Waals surface area contributed by atoms with Crippen LogP contribution in [-0.2, 0) is 7.05 Å². The van der Waals surface area contributed by atoms with Crippen molar-refractivity contribution in [2.75, 3.05) is 0 Å². The molecule has 0 amide bonds. The number of aldehydes is 1. The molecule has 0 radical (unpaired) electrons. The van der Waals surface area contributed by atoms with E-state index in [1.165, 1.54) is 0 Å². The molecule has 0 N–H and O–H groups in total. The van der Waals surface area contributed by atoms with Crippen molar-refractivity contribution < 1.29 is 9.36 Å². The molecule has 1 heterocycles. The van der Waals surface area contributed by atoms with Crippen molar-refractivity contribution in [2.45, 2.75) is 0 Å². The molecule has 84 valence electrons. The number of rotatable bonds is 3. The van der Waals surface area contributed by atoms with E-state index in [2.05, 4.69) is 18.2 Å². The minimum Gasteiger partial charge on any atom is -0.298 e. The van der Waals surface area contributed by atoms with Crippen molar-refractivity contribution in [1.29, 1.82) is 0 Å². The molecule has 0 aliphatic rings. The van der Waals surface area contributed by atoms with Gasteiger partial charge in [-0.05, 0) is 11.1 Å². The van der Waals surface area contributed by atoms with Gasteiger partial charge in [0.15, 0.2) is 12.4 Å². The predicted molar refractivity (Wildman–Crippen MR) is 68.4 cm³/mol. The van der Waals surface area contributed by atoms with Crippen LogP contribution in [0.1, 0.15) is 21.5 Å². The van der Waals surface area contributed by atoms with Gasteiger partial charge in [0.05, 0.1) is 0 Å². The summed E-state index contributed by atoms with van der Waals surface area (Å²) in [5, 5.41) is 0. The van der Waals surface area contributed by atoms with E-state index in [0.717, 1.165) is 17.4 Å². The van der Waals surface area contributed by atoms with E-state index in [-0.39, 0.29) is 0 Å². The van der Waals surface area contributed by atoms with Gasteiger partial charge in [-0.3, -0.25) is 4.79 Å². The molecule has 0 aliphatic heterocycles. The quantitative estimate of drug-likeness (QED) is 0.579. The van der Waals surface area contributed by atoms with Gasteiger partial charge in [0, 0.05) is 17.7 Å². The highest BCUT2D eigenvalue weighted by Gasteiger charge is 1.92. The average molecular weight is 224 g/mol. The molecule has 1 aromatic carbocycles. The van der Waals surface area contributed by atoms with Gasteiger partial charge in [0.25, 0.3) is 0 Å². The van der Waals surface area contributed by atoms with Crippen LogP contribution in [-0.4, -0.2) is 6.29 Å². The Kier molecular flexibility index (Phi) is 3.46. The first-order chi connectivity index (χ1) is 8.28. The monoisotopic (exact) mass is 224 g/mol. The summed E-state index contributed by atoms with van der Waals surface area (Å²) in [4.78, 5) is 10.5. The van der Waals surface area contributed by atoms with Crippen LogP contribution in [0.4, 0.5) is 0 Å². The van der Waals surface area contributed by atoms with Crippen LogP contribution in [0.15, 0.2) is 48.8 Å². The third-order valence-electron chi connectivity index (χ3n) is 2.55. The Balaban J connectivity index is 2.14. The number of carbonyl (C=O) groups is 1. The van der Waals surface area contributed by atoms with Crippen LogP contribution in [0.25, 0.3) is 12.2 Å². The summed E-state index contributed by atoms with van der Waals surface area (Å²) in [6.07, 6.45) is 8.95. The Labute approximate surface area is 101 Å². The number of aromatic nitrogens is 1. The number of carbonyl (C=O) groups excluding carboxylic acids is 1. The maximum atomic E-state index is 10.5. The van der Waals surface area contributed by atoms with E-state index in [4.69, 9.17) is 0 Å². The summed E-state index contributed by atoms with van der Waals surface area (Å²) >= 11 is 0. The normalized spacial score (nSPS) is 10.6. The van der Waals surface area contributed by atoms with Gasteiger partial charge in [-0.1, -0.05) is 36.4 Å². The average Bonchev–Trinajstić information content (AvgIpc) is 2.39. The molecule has 0 aliphatic carbocycles. The number of nitrogens with zero attached hydrogens (tertiary/aromatic N) is 1. The fourth-order valence-corrected chi connectivity index (χ4v) is 1.50. The summed E-state index contributed by atoms with van der Waals surface area (Å²) in [7, 11) is 1.99. The molecular weight excluding hydrogens is 210 g/mol. The zero-order valence-corrected chi connectivity index (χ0v) is 9.71. The van der Waals surface area contributed by atoms with Crippen LogP contribution >= 0.6 is 0 Å². The molecule has 2 nitrogen and oxygen atoms in total. The molecule has 0 spiro atoms. The van der Waals surface area contributed by atoms with Crippen LogP contribution < -0.4 is 4.57 Å². The lowest BCUT2D eigenvalue weighted by molar-refractivity contribution is -0.671. The van der Waals surface area contributed by atoms with E-state index in [9.17, 15) is 4.79 Å². The van der Waals surface area contributed by atoms with Gasteiger partial charge in [-0.25, -0.2) is 4.57 Å². The van der Waals surface area contributed by atoms with E-state index in [1.54, 1.807) is 0 Å². The summed E-state index contributed by atoms with van der Waals surface area (Å²) < 4.78 is 2.00.